The number of carboxylic acid groups (broad SMARTS) is 1. The van der Waals surface area contributed by atoms with E-state index in [1.165, 1.54) is 16.7 Å². The van der Waals surface area contributed by atoms with Crippen LogP contribution in [-0.2, 0) is 11.8 Å². The van der Waals surface area contributed by atoms with E-state index < -0.39 is 12.1 Å². The minimum atomic E-state index is -5.08. The summed E-state index contributed by atoms with van der Waals surface area (Å²) in [5, 5.41) is 14.3. The summed E-state index contributed by atoms with van der Waals surface area (Å²) in [7, 11) is 1.80. The molecular formula is C18H18F3N5O2. The molecule has 0 aliphatic rings. The van der Waals surface area contributed by atoms with Crippen molar-refractivity contribution in [2.24, 2.45) is 7.05 Å². The molecule has 1 aromatic heterocycles. The number of aromatic nitrogens is 3. The van der Waals surface area contributed by atoms with Crippen molar-refractivity contribution in [2.45, 2.75) is 13.1 Å². The van der Waals surface area contributed by atoms with Gasteiger partial charge >= 0.3 is 12.1 Å². The van der Waals surface area contributed by atoms with Crippen LogP contribution in [0.3, 0.4) is 0 Å². The zero-order valence-electron chi connectivity index (χ0n) is 15.0. The molecule has 28 heavy (non-hydrogen) atoms. The van der Waals surface area contributed by atoms with Crippen LogP contribution in [0.4, 0.5) is 30.8 Å². The van der Waals surface area contributed by atoms with Crippen molar-refractivity contribution in [3.05, 3.63) is 54.1 Å². The number of nitrogens with one attached hydrogen (secondary N) is 1. The molecule has 0 atom stereocenters. The molecule has 3 rings (SSSR count). The average molecular weight is 393 g/mol. The van der Waals surface area contributed by atoms with Gasteiger partial charge in [0.2, 0.25) is 11.9 Å². The molecule has 1 heterocycles. The van der Waals surface area contributed by atoms with Crippen molar-refractivity contribution in [1.82, 2.24) is 14.8 Å². The number of aryl methyl sites for hydroxylation is 2. The van der Waals surface area contributed by atoms with E-state index in [2.05, 4.69) is 58.7 Å². The van der Waals surface area contributed by atoms with Crippen LogP contribution in [-0.4, -0.2) is 32.0 Å². The van der Waals surface area contributed by atoms with Crippen LogP contribution in [0.25, 0.3) is 11.1 Å². The molecular weight excluding hydrogens is 375 g/mol. The van der Waals surface area contributed by atoms with Crippen LogP contribution >= 0.6 is 0 Å². The summed E-state index contributed by atoms with van der Waals surface area (Å²) >= 11 is 0. The van der Waals surface area contributed by atoms with Crippen LogP contribution < -0.4 is 11.1 Å². The lowest BCUT2D eigenvalue weighted by atomic mass is 10.0. The first-order chi connectivity index (χ1) is 13.1. The molecule has 0 unspecified atom stereocenters. The molecule has 0 radical (unpaired) electrons. The van der Waals surface area contributed by atoms with Crippen LogP contribution in [0.2, 0.25) is 0 Å². The van der Waals surface area contributed by atoms with Gasteiger partial charge in [0.25, 0.3) is 0 Å². The van der Waals surface area contributed by atoms with E-state index in [1.54, 1.807) is 11.7 Å². The highest BCUT2D eigenvalue weighted by molar-refractivity contribution is 5.73. The van der Waals surface area contributed by atoms with Gasteiger partial charge in [-0.3, -0.25) is 0 Å². The van der Waals surface area contributed by atoms with E-state index in [0.717, 1.165) is 5.69 Å². The average Bonchev–Trinajstić information content (AvgIpc) is 2.92. The predicted molar refractivity (Wildman–Crippen MR) is 99.0 cm³/mol. The van der Waals surface area contributed by atoms with Crippen LogP contribution in [0, 0.1) is 6.92 Å². The number of carboxylic acids is 1. The second kappa shape index (κ2) is 8.42. The number of nitrogens with zero attached hydrogens (tertiary/aromatic N) is 3. The molecule has 0 saturated carbocycles. The van der Waals surface area contributed by atoms with E-state index >= 15 is 0 Å². The first-order valence-corrected chi connectivity index (χ1v) is 7.97. The van der Waals surface area contributed by atoms with Crippen LogP contribution in [0.15, 0.2) is 48.5 Å². The van der Waals surface area contributed by atoms with Crippen LogP contribution in [0.1, 0.15) is 5.56 Å². The molecule has 0 saturated heterocycles. The Bertz CT molecular complexity index is 953. The quantitative estimate of drug-likeness (QED) is 0.626. The summed E-state index contributed by atoms with van der Waals surface area (Å²) in [6.45, 7) is 2.10. The minimum absolute atomic E-state index is 0.261. The Morgan fingerprint density at radius 2 is 1.75 bits per heavy atom. The number of anilines is 3. The largest absolute Gasteiger partial charge is 0.490 e. The van der Waals surface area contributed by atoms with Gasteiger partial charge in [0, 0.05) is 12.7 Å². The number of rotatable bonds is 3. The van der Waals surface area contributed by atoms with Gasteiger partial charge in [-0.1, -0.05) is 42.0 Å². The van der Waals surface area contributed by atoms with Gasteiger partial charge in [-0.05, 0) is 30.2 Å². The molecule has 148 valence electrons. The molecule has 0 fully saturated rings. The van der Waals surface area contributed by atoms with Gasteiger partial charge in [0.15, 0.2) is 0 Å². The van der Waals surface area contributed by atoms with E-state index in [1.807, 2.05) is 12.1 Å². The van der Waals surface area contributed by atoms with Crippen molar-refractivity contribution in [2.75, 3.05) is 11.1 Å². The van der Waals surface area contributed by atoms with Gasteiger partial charge in [0.1, 0.15) is 0 Å². The molecule has 7 nitrogen and oxygen atoms in total. The number of nitrogens with two attached hydrogens (primary N) is 1. The molecule has 0 aliphatic heterocycles. The zero-order valence-corrected chi connectivity index (χ0v) is 15.0. The Balaban J connectivity index is 0.000000345. The summed E-state index contributed by atoms with van der Waals surface area (Å²) < 4.78 is 33.4. The van der Waals surface area contributed by atoms with Crippen molar-refractivity contribution in [3.8, 4) is 11.1 Å². The Morgan fingerprint density at radius 3 is 2.21 bits per heavy atom. The zero-order chi connectivity index (χ0) is 20.9. The monoisotopic (exact) mass is 393 g/mol. The van der Waals surface area contributed by atoms with Gasteiger partial charge in [0.05, 0.1) is 0 Å². The summed E-state index contributed by atoms with van der Waals surface area (Å²) in [6.07, 6.45) is -5.08. The van der Waals surface area contributed by atoms with E-state index in [4.69, 9.17) is 15.6 Å². The first-order valence-electron chi connectivity index (χ1n) is 7.97. The van der Waals surface area contributed by atoms with Crippen molar-refractivity contribution in [1.29, 1.82) is 0 Å². The normalized spacial score (nSPS) is 10.8. The summed E-state index contributed by atoms with van der Waals surface area (Å²) in [5.41, 5.74) is 10.2. The smallest absolute Gasteiger partial charge is 0.475 e. The number of benzene rings is 2. The van der Waals surface area contributed by atoms with Crippen molar-refractivity contribution >= 4 is 23.6 Å². The number of nitrogen functional groups attached to an aromatic ring is 1. The lowest BCUT2D eigenvalue weighted by molar-refractivity contribution is -0.192. The van der Waals surface area contributed by atoms with E-state index in [9.17, 15) is 13.2 Å². The summed E-state index contributed by atoms with van der Waals surface area (Å²) in [5.74, 6) is -1.88. The molecule has 0 spiro atoms. The highest BCUT2D eigenvalue weighted by atomic mass is 19.4. The summed E-state index contributed by atoms with van der Waals surface area (Å²) in [4.78, 5) is 13.0. The summed E-state index contributed by atoms with van der Waals surface area (Å²) in [6, 6.07) is 16.6. The first kappa shape index (κ1) is 20.7. The number of halogens is 3. The Hall–Kier alpha value is -3.56. The Labute approximate surface area is 158 Å². The second-order valence-electron chi connectivity index (χ2n) is 5.79. The topological polar surface area (TPSA) is 106 Å². The fourth-order valence-electron chi connectivity index (χ4n) is 2.21. The second-order valence-corrected chi connectivity index (χ2v) is 5.79. The fraction of sp³-hybridized carbons (Fsp3) is 0.167. The molecule has 4 N–H and O–H groups in total. The van der Waals surface area contributed by atoms with Gasteiger partial charge in [-0.15, -0.1) is 5.10 Å². The third kappa shape index (κ3) is 5.73. The Kier molecular flexibility index (Phi) is 6.24. The number of alkyl halides is 3. The predicted octanol–water partition coefficient (Wildman–Crippen LogP) is 3.75. The third-order valence-electron chi connectivity index (χ3n) is 3.51. The number of aliphatic carboxylic acids is 1. The maximum absolute atomic E-state index is 10.6. The lowest BCUT2D eigenvalue weighted by Gasteiger charge is -2.07. The molecule has 2 aromatic carbocycles. The third-order valence-corrected chi connectivity index (χ3v) is 3.51. The van der Waals surface area contributed by atoms with Crippen LogP contribution in [0.5, 0.6) is 0 Å². The van der Waals surface area contributed by atoms with Gasteiger partial charge in [-0.2, -0.15) is 18.2 Å². The molecule has 0 amide bonds. The maximum atomic E-state index is 10.6. The highest BCUT2D eigenvalue weighted by Gasteiger charge is 2.38. The van der Waals surface area contributed by atoms with Gasteiger partial charge < -0.3 is 16.2 Å². The number of hydrogen-bond donors (Lipinski definition) is 3. The van der Waals surface area contributed by atoms with E-state index in [0.29, 0.717) is 5.95 Å². The molecule has 0 aliphatic carbocycles. The van der Waals surface area contributed by atoms with Crippen molar-refractivity contribution in [3.63, 3.8) is 0 Å². The SMILES string of the molecule is Cc1cccc(-c2ccc(Nc3nc(N)nn3C)cc2)c1.O=C(O)C(F)(F)F. The molecule has 3 aromatic rings. The highest BCUT2D eigenvalue weighted by Crippen LogP contribution is 2.23. The minimum Gasteiger partial charge on any atom is -0.475 e. The molecule has 0 bridgehead atoms. The Morgan fingerprint density at radius 1 is 1.14 bits per heavy atom. The van der Waals surface area contributed by atoms with Crippen molar-refractivity contribution < 1.29 is 23.1 Å². The lowest BCUT2D eigenvalue weighted by Crippen LogP contribution is -2.21. The maximum Gasteiger partial charge on any atom is 0.490 e. The number of hydrogen-bond acceptors (Lipinski definition) is 5. The fourth-order valence-corrected chi connectivity index (χ4v) is 2.21. The van der Waals surface area contributed by atoms with E-state index in [-0.39, 0.29) is 5.95 Å². The van der Waals surface area contributed by atoms with Gasteiger partial charge in [-0.25, -0.2) is 9.48 Å². The molecule has 10 heteroatoms. The number of carbonyl (C=O) groups is 1. The standard InChI is InChI=1S/C16H17N5.C2HF3O2/c1-11-4-3-5-13(10-11)12-6-8-14(9-7-12)18-16-19-15(17)20-21(16)2;3-2(4,5)1(6)7/h3-10H,1-2H3,(H3,17,18,19,20);(H,6,7).